The molecule has 0 amide bonds. The van der Waals surface area contributed by atoms with Crippen LogP contribution in [0, 0.1) is 0 Å². The van der Waals surface area contributed by atoms with Crippen molar-refractivity contribution in [1.29, 1.82) is 0 Å². The van der Waals surface area contributed by atoms with E-state index in [9.17, 15) is 4.79 Å². The maximum Gasteiger partial charge on any atom is 0.251 e. The number of aromatic amines is 1. The van der Waals surface area contributed by atoms with Crippen LogP contribution in [0.15, 0.2) is 33.5 Å². The molecule has 0 saturated carbocycles. The van der Waals surface area contributed by atoms with Gasteiger partial charge < -0.3 is 10.7 Å². The van der Waals surface area contributed by atoms with Gasteiger partial charge in [0, 0.05) is 16.1 Å². The van der Waals surface area contributed by atoms with E-state index >= 15 is 0 Å². The predicted octanol–water partition coefficient (Wildman–Crippen LogP) is 2.18. The molecular formula is C12H13BrN2O. The van der Waals surface area contributed by atoms with E-state index in [-0.39, 0.29) is 11.6 Å². The first kappa shape index (κ1) is 11.4. The molecule has 0 spiro atoms. The van der Waals surface area contributed by atoms with E-state index in [4.69, 9.17) is 5.73 Å². The lowest BCUT2D eigenvalue weighted by molar-refractivity contribution is 0.732. The zero-order valence-corrected chi connectivity index (χ0v) is 10.5. The maximum absolute atomic E-state index is 11.8. The van der Waals surface area contributed by atoms with Crippen molar-refractivity contribution < 1.29 is 0 Å². The number of rotatable bonds is 2. The number of aromatic nitrogens is 1. The number of halogens is 1. The van der Waals surface area contributed by atoms with Gasteiger partial charge in [-0.05, 0) is 46.8 Å². The summed E-state index contributed by atoms with van der Waals surface area (Å²) in [5.74, 6) is 0. The zero-order valence-electron chi connectivity index (χ0n) is 8.96. The number of hydrogen-bond acceptors (Lipinski definition) is 2. The van der Waals surface area contributed by atoms with E-state index in [2.05, 4.69) is 20.9 Å². The number of pyridine rings is 1. The van der Waals surface area contributed by atoms with Crippen LogP contribution in [0.2, 0.25) is 0 Å². The molecule has 0 fully saturated rings. The number of para-hydroxylation sites is 1. The number of nitrogens with two attached hydrogens (primary N) is 1. The minimum Gasteiger partial charge on any atom is -0.328 e. The van der Waals surface area contributed by atoms with Gasteiger partial charge in [0.2, 0.25) is 0 Å². The first-order valence-electron chi connectivity index (χ1n) is 5.14. The van der Waals surface area contributed by atoms with Gasteiger partial charge >= 0.3 is 0 Å². The molecule has 2 aromatic rings. The van der Waals surface area contributed by atoms with Crippen LogP contribution in [-0.4, -0.2) is 11.0 Å². The van der Waals surface area contributed by atoms with E-state index in [1.165, 1.54) is 0 Å². The van der Waals surface area contributed by atoms with Gasteiger partial charge in [0.25, 0.3) is 5.56 Å². The SMILES string of the molecule is CC(N)Cc1cc2cccc(Br)c2[nH]c1=O. The van der Waals surface area contributed by atoms with E-state index in [1.54, 1.807) is 0 Å². The summed E-state index contributed by atoms with van der Waals surface area (Å²) in [5, 5.41) is 1.02. The summed E-state index contributed by atoms with van der Waals surface area (Å²) in [7, 11) is 0. The van der Waals surface area contributed by atoms with E-state index in [1.807, 2.05) is 31.2 Å². The van der Waals surface area contributed by atoms with Crippen LogP contribution in [0.5, 0.6) is 0 Å². The number of nitrogens with one attached hydrogen (secondary N) is 1. The lowest BCUT2D eigenvalue weighted by Crippen LogP contribution is -2.23. The number of benzene rings is 1. The van der Waals surface area contributed by atoms with Crippen molar-refractivity contribution in [1.82, 2.24) is 4.98 Å². The molecule has 4 heteroatoms. The molecule has 0 bridgehead atoms. The Labute approximate surface area is 102 Å². The Morgan fingerprint density at radius 3 is 2.94 bits per heavy atom. The molecule has 2 rings (SSSR count). The van der Waals surface area contributed by atoms with Crippen molar-refractivity contribution in [3.8, 4) is 0 Å². The minimum absolute atomic E-state index is 0.00861. The highest BCUT2D eigenvalue weighted by atomic mass is 79.9. The largest absolute Gasteiger partial charge is 0.328 e. The lowest BCUT2D eigenvalue weighted by Gasteiger charge is -2.06. The third-order valence-corrected chi connectivity index (χ3v) is 3.11. The Morgan fingerprint density at radius 1 is 1.50 bits per heavy atom. The van der Waals surface area contributed by atoms with Gasteiger partial charge in [-0.2, -0.15) is 0 Å². The molecule has 0 aliphatic heterocycles. The Kier molecular flexibility index (Phi) is 3.12. The fourth-order valence-corrected chi connectivity index (χ4v) is 2.22. The summed E-state index contributed by atoms with van der Waals surface area (Å²) >= 11 is 3.41. The highest BCUT2D eigenvalue weighted by Crippen LogP contribution is 2.21. The smallest absolute Gasteiger partial charge is 0.251 e. The summed E-state index contributed by atoms with van der Waals surface area (Å²) in [4.78, 5) is 14.7. The van der Waals surface area contributed by atoms with Gasteiger partial charge in [-0.15, -0.1) is 0 Å². The quantitative estimate of drug-likeness (QED) is 0.886. The third-order valence-electron chi connectivity index (χ3n) is 2.45. The average Bonchev–Trinajstić information content (AvgIpc) is 2.20. The molecule has 3 nitrogen and oxygen atoms in total. The van der Waals surface area contributed by atoms with Gasteiger partial charge in [0.05, 0.1) is 5.52 Å². The highest BCUT2D eigenvalue weighted by Gasteiger charge is 2.06. The first-order chi connectivity index (χ1) is 7.58. The van der Waals surface area contributed by atoms with Gasteiger partial charge in [0.1, 0.15) is 0 Å². The Balaban J connectivity index is 2.63. The summed E-state index contributed by atoms with van der Waals surface area (Å²) in [6.07, 6.45) is 0.595. The standard InChI is InChI=1S/C12H13BrN2O/c1-7(14)5-9-6-8-3-2-4-10(13)11(8)15-12(9)16/h2-4,6-7H,5,14H2,1H3,(H,15,16). The van der Waals surface area contributed by atoms with Gasteiger partial charge in [0.15, 0.2) is 0 Å². The Hall–Kier alpha value is -1.13. The molecular weight excluding hydrogens is 268 g/mol. The summed E-state index contributed by atoms with van der Waals surface area (Å²) in [6, 6.07) is 7.72. The molecule has 1 unspecified atom stereocenters. The summed E-state index contributed by atoms with van der Waals surface area (Å²) in [5.41, 5.74) is 7.22. The molecule has 84 valence electrons. The van der Waals surface area contributed by atoms with Crippen LogP contribution in [0.3, 0.4) is 0 Å². The van der Waals surface area contributed by atoms with Crippen LogP contribution in [0.1, 0.15) is 12.5 Å². The predicted molar refractivity (Wildman–Crippen MR) is 69.6 cm³/mol. The van der Waals surface area contributed by atoms with E-state index in [0.29, 0.717) is 6.42 Å². The normalized spacial score (nSPS) is 12.9. The molecule has 1 atom stereocenters. The first-order valence-corrected chi connectivity index (χ1v) is 5.93. The Morgan fingerprint density at radius 2 is 2.25 bits per heavy atom. The minimum atomic E-state index is -0.0586. The summed E-state index contributed by atoms with van der Waals surface area (Å²) < 4.78 is 0.898. The number of fused-ring (bicyclic) bond motifs is 1. The van der Waals surface area contributed by atoms with E-state index < -0.39 is 0 Å². The summed E-state index contributed by atoms with van der Waals surface area (Å²) in [6.45, 7) is 1.89. The monoisotopic (exact) mass is 280 g/mol. The van der Waals surface area contributed by atoms with Crippen molar-refractivity contribution in [2.24, 2.45) is 5.73 Å². The van der Waals surface area contributed by atoms with Crippen molar-refractivity contribution in [2.45, 2.75) is 19.4 Å². The van der Waals surface area contributed by atoms with Crippen molar-refractivity contribution in [2.75, 3.05) is 0 Å². The second kappa shape index (κ2) is 4.39. The van der Waals surface area contributed by atoms with Gasteiger partial charge in [-0.1, -0.05) is 12.1 Å². The average molecular weight is 281 g/mol. The molecule has 16 heavy (non-hydrogen) atoms. The molecule has 0 aliphatic rings. The second-order valence-corrected chi connectivity index (χ2v) is 4.86. The topological polar surface area (TPSA) is 58.9 Å². The van der Waals surface area contributed by atoms with Gasteiger partial charge in [-0.25, -0.2) is 0 Å². The number of H-pyrrole nitrogens is 1. The fraction of sp³-hybridized carbons (Fsp3) is 0.250. The molecule has 1 heterocycles. The van der Waals surface area contributed by atoms with Crippen LogP contribution in [0.4, 0.5) is 0 Å². The van der Waals surface area contributed by atoms with Gasteiger partial charge in [-0.3, -0.25) is 4.79 Å². The van der Waals surface area contributed by atoms with Crippen molar-refractivity contribution in [3.05, 3.63) is 44.7 Å². The van der Waals surface area contributed by atoms with Crippen LogP contribution >= 0.6 is 15.9 Å². The number of hydrogen-bond donors (Lipinski definition) is 2. The maximum atomic E-state index is 11.8. The molecule has 0 saturated heterocycles. The van der Waals surface area contributed by atoms with E-state index in [0.717, 1.165) is 20.9 Å². The lowest BCUT2D eigenvalue weighted by atomic mass is 10.1. The molecule has 1 aromatic carbocycles. The Bertz CT molecular complexity index is 575. The van der Waals surface area contributed by atoms with Crippen LogP contribution in [0.25, 0.3) is 10.9 Å². The second-order valence-electron chi connectivity index (χ2n) is 4.01. The molecule has 3 N–H and O–H groups in total. The third kappa shape index (κ3) is 2.18. The molecule has 1 aromatic heterocycles. The molecule has 0 radical (unpaired) electrons. The fourth-order valence-electron chi connectivity index (χ4n) is 1.74. The zero-order chi connectivity index (χ0) is 11.7. The van der Waals surface area contributed by atoms with Crippen molar-refractivity contribution in [3.63, 3.8) is 0 Å². The van der Waals surface area contributed by atoms with Crippen LogP contribution < -0.4 is 11.3 Å². The highest BCUT2D eigenvalue weighted by molar-refractivity contribution is 9.10. The van der Waals surface area contributed by atoms with Crippen LogP contribution in [-0.2, 0) is 6.42 Å². The van der Waals surface area contributed by atoms with Crippen molar-refractivity contribution >= 4 is 26.8 Å². The molecule has 0 aliphatic carbocycles.